The maximum atomic E-state index is 13.2. The Morgan fingerprint density at radius 1 is 1.07 bits per heavy atom. The predicted molar refractivity (Wildman–Crippen MR) is 114 cm³/mol. The highest BCUT2D eigenvalue weighted by atomic mass is 35.5. The number of thioether (sulfide) groups is 1. The lowest BCUT2D eigenvalue weighted by Gasteiger charge is -2.21. The monoisotopic (exact) mass is 446 g/mol. The number of anilines is 1. The van der Waals surface area contributed by atoms with Crippen molar-refractivity contribution >= 4 is 69.4 Å². The van der Waals surface area contributed by atoms with Crippen LogP contribution in [0.25, 0.3) is 6.08 Å². The fourth-order valence-electron chi connectivity index (χ4n) is 3.14. The molecule has 0 unspecified atom stereocenters. The first kappa shape index (κ1) is 19.8. The molecule has 3 amide bonds. The van der Waals surface area contributed by atoms with Crippen LogP contribution in [0.15, 0.2) is 53.4 Å². The third-order valence-corrected chi connectivity index (χ3v) is 6.09. The lowest BCUT2D eigenvalue weighted by Crippen LogP contribution is -2.44. The summed E-state index contributed by atoms with van der Waals surface area (Å²) in [5.74, 6) is -1.94. The van der Waals surface area contributed by atoms with Gasteiger partial charge in [-0.05, 0) is 48.0 Å². The van der Waals surface area contributed by atoms with E-state index in [1.165, 1.54) is 17.0 Å². The number of thiocarbonyl (C=S) groups is 1. The van der Waals surface area contributed by atoms with Crippen molar-refractivity contribution in [1.82, 2.24) is 4.90 Å². The molecule has 0 radical (unpaired) electrons. The zero-order valence-corrected chi connectivity index (χ0v) is 17.1. The first-order valence-electron chi connectivity index (χ1n) is 8.50. The lowest BCUT2D eigenvalue weighted by atomic mass is 10.2. The van der Waals surface area contributed by atoms with E-state index in [4.69, 9.17) is 23.8 Å². The summed E-state index contributed by atoms with van der Waals surface area (Å²) in [5.41, 5.74) is 1.02. The number of hydrogen-bond donors (Lipinski definition) is 0. The molecule has 2 saturated heterocycles. The van der Waals surface area contributed by atoms with Gasteiger partial charge in [0.1, 0.15) is 16.2 Å². The highest BCUT2D eigenvalue weighted by molar-refractivity contribution is 8.26. The Morgan fingerprint density at radius 3 is 2.38 bits per heavy atom. The summed E-state index contributed by atoms with van der Waals surface area (Å²) in [7, 11) is 0. The molecule has 2 heterocycles. The van der Waals surface area contributed by atoms with Crippen LogP contribution in [0.2, 0.25) is 5.02 Å². The molecular weight excluding hydrogens is 435 g/mol. The van der Waals surface area contributed by atoms with Crippen molar-refractivity contribution in [2.24, 2.45) is 0 Å². The average Bonchev–Trinajstić information content (AvgIpc) is 3.12. The molecule has 0 aromatic heterocycles. The van der Waals surface area contributed by atoms with Gasteiger partial charge in [-0.1, -0.05) is 47.7 Å². The topological polar surface area (TPSA) is 57.7 Å². The molecular formula is C20H12ClFN2O3S2. The highest BCUT2D eigenvalue weighted by Crippen LogP contribution is 2.37. The summed E-state index contributed by atoms with van der Waals surface area (Å²) in [4.78, 5) is 40.8. The van der Waals surface area contributed by atoms with Gasteiger partial charge in [0.2, 0.25) is 5.91 Å². The Balaban J connectivity index is 1.59. The van der Waals surface area contributed by atoms with E-state index < -0.39 is 29.6 Å². The number of carbonyl (C=O) groups excluding carboxylic acids is 3. The van der Waals surface area contributed by atoms with Gasteiger partial charge in [0, 0.05) is 5.02 Å². The fraction of sp³-hybridized carbons (Fsp3) is 0.100. The van der Waals surface area contributed by atoms with E-state index in [1.54, 1.807) is 30.3 Å². The Kier molecular flexibility index (Phi) is 5.24. The van der Waals surface area contributed by atoms with E-state index in [0.29, 0.717) is 9.93 Å². The van der Waals surface area contributed by atoms with Crippen LogP contribution in [-0.4, -0.2) is 33.0 Å². The Hall–Kier alpha value is -2.55. The molecule has 0 spiro atoms. The van der Waals surface area contributed by atoms with Crippen LogP contribution in [0.4, 0.5) is 10.1 Å². The molecule has 0 bridgehead atoms. The van der Waals surface area contributed by atoms with Crippen LogP contribution in [0.5, 0.6) is 0 Å². The van der Waals surface area contributed by atoms with E-state index in [-0.39, 0.29) is 16.4 Å². The third-order valence-electron chi connectivity index (χ3n) is 4.51. The minimum atomic E-state index is -1.02. The summed E-state index contributed by atoms with van der Waals surface area (Å²) in [6.07, 6.45) is 1.48. The maximum absolute atomic E-state index is 13.2. The third kappa shape index (κ3) is 3.71. The van der Waals surface area contributed by atoms with Crippen LogP contribution in [0, 0.1) is 5.82 Å². The van der Waals surface area contributed by atoms with E-state index in [2.05, 4.69) is 0 Å². The summed E-state index contributed by atoms with van der Waals surface area (Å²) in [5, 5.41) is 0.575. The van der Waals surface area contributed by atoms with Crippen molar-refractivity contribution in [3.8, 4) is 0 Å². The van der Waals surface area contributed by atoms with Crippen LogP contribution in [0.1, 0.15) is 12.0 Å². The number of hydrogen-bond acceptors (Lipinski definition) is 5. The van der Waals surface area contributed by atoms with E-state index in [9.17, 15) is 18.8 Å². The molecule has 2 aliphatic heterocycles. The largest absolute Gasteiger partial charge is 0.280 e. The Labute approximate surface area is 180 Å². The van der Waals surface area contributed by atoms with Gasteiger partial charge in [-0.2, -0.15) is 0 Å². The second kappa shape index (κ2) is 7.70. The van der Waals surface area contributed by atoms with Crippen LogP contribution in [-0.2, 0) is 14.4 Å². The van der Waals surface area contributed by atoms with Crippen molar-refractivity contribution in [1.29, 1.82) is 0 Å². The normalized spacial score (nSPS) is 21.0. The van der Waals surface area contributed by atoms with Gasteiger partial charge >= 0.3 is 0 Å². The minimum Gasteiger partial charge on any atom is -0.280 e. The van der Waals surface area contributed by atoms with Crippen molar-refractivity contribution in [2.75, 3.05) is 4.90 Å². The first-order chi connectivity index (χ1) is 13.8. The molecule has 0 saturated carbocycles. The quantitative estimate of drug-likeness (QED) is 0.405. The number of halogens is 2. The Morgan fingerprint density at radius 2 is 1.72 bits per heavy atom. The van der Waals surface area contributed by atoms with E-state index in [1.807, 2.05) is 0 Å². The van der Waals surface area contributed by atoms with Crippen molar-refractivity contribution in [3.05, 3.63) is 69.8 Å². The molecule has 0 aliphatic carbocycles. The molecule has 2 fully saturated rings. The number of benzene rings is 2. The fourth-order valence-corrected chi connectivity index (χ4v) is 4.62. The van der Waals surface area contributed by atoms with Crippen LogP contribution in [0.3, 0.4) is 0 Å². The molecule has 29 heavy (non-hydrogen) atoms. The molecule has 146 valence electrons. The van der Waals surface area contributed by atoms with Gasteiger partial charge in [-0.15, -0.1) is 0 Å². The number of carbonyl (C=O) groups is 3. The van der Waals surface area contributed by atoms with Crippen LogP contribution < -0.4 is 4.90 Å². The smallest absolute Gasteiger partial charge is 0.266 e. The second-order valence-electron chi connectivity index (χ2n) is 6.37. The van der Waals surface area contributed by atoms with E-state index in [0.717, 1.165) is 34.4 Å². The van der Waals surface area contributed by atoms with Gasteiger partial charge in [0.05, 0.1) is 17.0 Å². The predicted octanol–water partition coefficient (Wildman–Crippen LogP) is 4.01. The lowest BCUT2D eigenvalue weighted by molar-refractivity contribution is -0.129. The number of imide groups is 1. The zero-order chi connectivity index (χ0) is 20.7. The molecule has 0 N–H and O–H groups in total. The molecule has 9 heteroatoms. The van der Waals surface area contributed by atoms with Gasteiger partial charge in [-0.3, -0.25) is 19.3 Å². The molecule has 2 aromatic rings. The number of amides is 3. The minimum absolute atomic E-state index is 0.184. The van der Waals surface area contributed by atoms with Crippen molar-refractivity contribution in [2.45, 2.75) is 12.5 Å². The number of nitrogens with zero attached hydrogens (tertiary/aromatic N) is 2. The first-order valence-corrected chi connectivity index (χ1v) is 10.1. The van der Waals surface area contributed by atoms with Crippen molar-refractivity contribution < 1.29 is 18.8 Å². The summed E-state index contributed by atoms with van der Waals surface area (Å²) in [6.45, 7) is 0. The maximum Gasteiger partial charge on any atom is 0.266 e. The van der Waals surface area contributed by atoms with Crippen LogP contribution >= 0.6 is 35.6 Å². The molecule has 2 aliphatic rings. The highest BCUT2D eigenvalue weighted by Gasteiger charge is 2.48. The average molecular weight is 447 g/mol. The molecule has 5 nitrogen and oxygen atoms in total. The molecule has 2 aromatic carbocycles. The van der Waals surface area contributed by atoms with Gasteiger partial charge in [-0.25, -0.2) is 9.29 Å². The van der Waals surface area contributed by atoms with Crippen molar-refractivity contribution in [3.63, 3.8) is 0 Å². The Bertz CT molecular complexity index is 1070. The van der Waals surface area contributed by atoms with Gasteiger partial charge < -0.3 is 0 Å². The summed E-state index contributed by atoms with van der Waals surface area (Å²) < 4.78 is 13.4. The van der Waals surface area contributed by atoms with Gasteiger partial charge in [0.25, 0.3) is 11.8 Å². The number of rotatable bonds is 3. The molecule has 1 atom stereocenters. The standard InChI is InChI=1S/C20H12ClFN2O3S2/c21-12-3-1-11(2-4-12)9-16-19(27)24(20(28)29-16)15-10-17(25)23(18(15)26)14-7-5-13(22)6-8-14/h1-9,15H,10H2/b16-9-/t15-/m1/s1. The van der Waals surface area contributed by atoms with E-state index >= 15 is 0 Å². The second-order valence-corrected chi connectivity index (χ2v) is 8.48. The zero-order valence-electron chi connectivity index (χ0n) is 14.7. The summed E-state index contributed by atoms with van der Waals surface area (Å²) >= 11 is 12.3. The molecule has 4 rings (SSSR count). The summed E-state index contributed by atoms with van der Waals surface area (Å²) in [6, 6.07) is 10.9. The SMILES string of the molecule is O=C1C[C@@H](N2C(=O)/C(=C/c3ccc(Cl)cc3)SC2=S)C(=O)N1c1ccc(F)cc1. The van der Waals surface area contributed by atoms with Gasteiger partial charge in [0.15, 0.2) is 0 Å².